The number of fused-ring (bicyclic) bond motifs is 1. The summed E-state index contributed by atoms with van der Waals surface area (Å²) in [5, 5.41) is 8.91. The summed E-state index contributed by atoms with van der Waals surface area (Å²) < 4.78 is 6.78. The summed E-state index contributed by atoms with van der Waals surface area (Å²) in [5.74, 6) is 0.566. The molecular formula is C14H16N4O2S. The van der Waals surface area contributed by atoms with Crippen molar-refractivity contribution in [2.24, 2.45) is 0 Å². The largest absolute Gasteiger partial charge is 0.468 e. The number of esters is 1. The zero-order chi connectivity index (χ0) is 14.8. The van der Waals surface area contributed by atoms with E-state index in [1.807, 2.05) is 41.8 Å². The lowest BCUT2D eigenvalue weighted by Gasteiger charge is -2.14. The van der Waals surface area contributed by atoms with Crippen LogP contribution in [0.15, 0.2) is 35.5 Å². The van der Waals surface area contributed by atoms with E-state index in [2.05, 4.69) is 15.1 Å². The fraction of sp³-hybridized carbons (Fsp3) is 0.357. The second kappa shape index (κ2) is 5.77. The Bertz CT molecular complexity index is 644. The van der Waals surface area contributed by atoms with Gasteiger partial charge in [0.25, 0.3) is 0 Å². The molecule has 1 aliphatic heterocycles. The molecule has 0 bridgehead atoms. The van der Waals surface area contributed by atoms with Crippen molar-refractivity contribution in [3.8, 4) is 0 Å². The quantitative estimate of drug-likeness (QED) is 0.637. The van der Waals surface area contributed by atoms with E-state index in [-0.39, 0.29) is 11.2 Å². The average Bonchev–Trinajstić information content (AvgIpc) is 3.10. The number of methoxy groups -OCH3 is 1. The molecule has 0 aliphatic carbocycles. The minimum absolute atomic E-state index is 0.254. The highest BCUT2D eigenvalue weighted by atomic mass is 32.2. The van der Waals surface area contributed by atoms with E-state index in [1.165, 1.54) is 18.9 Å². The minimum Gasteiger partial charge on any atom is -0.468 e. The molecule has 1 unspecified atom stereocenters. The predicted molar refractivity (Wildman–Crippen MR) is 80.8 cm³/mol. The first-order chi connectivity index (χ1) is 10.2. The molecular weight excluding hydrogens is 288 g/mol. The number of aromatic nitrogens is 3. The lowest BCUT2D eigenvalue weighted by molar-refractivity contribution is -0.139. The summed E-state index contributed by atoms with van der Waals surface area (Å²) in [6, 6.07) is 10.1. The second-order valence-corrected chi connectivity index (χ2v) is 6.01. The third-order valence-corrected chi connectivity index (χ3v) is 4.43. The fourth-order valence-electron chi connectivity index (χ4n) is 2.29. The van der Waals surface area contributed by atoms with E-state index < -0.39 is 0 Å². The molecule has 0 saturated carbocycles. The van der Waals surface area contributed by atoms with Crippen LogP contribution >= 0.6 is 11.8 Å². The Morgan fingerprint density at radius 2 is 2.05 bits per heavy atom. The maximum Gasteiger partial charge on any atom is 0.318 e. The van der Waals surface area contributed by atoms with Crippen LogP contribution in [0.5, 0.6) is 0 Å². The Balaban J connectivity index is 1.82. The van der Waals surface area contributed by atoms with E-state index in [0.29, 0.717) is 0 Å². The van der Waals surface area contributed by atoms with Gasteiger partial charge in [0.15, 0.2) is 5.16 Å². The summed E-state index contributed by atoms with van der Waals surface area (Å²) in [6.45, 7) is 3.48. The topological polar surface area (TPSA) is 60.2 Å². The molecule has 21 heavy (non-hydrogen) atoms. The first-order valence-electron chi connectivity index (χ1n) is 6.71. The van der Waals surface area contributed by atoms with Crippen molar-refractivity contribution in [2.75, 3.05) is 18.6 Å². The third-order valence-electron chi connectivity index (χ3n) is 3.37. The van der Waals surface area contributed by atoms with Gasteiger partial charge in [0.05, 0.1) is 7.11 Å². The third kappa shape index (κ3) is 2.61. The van der Waals surface area contributed by atoms with Gasteiger partial charge in [0.1, 0.15) is 5.25 Å². The molecule has 0 saturated heterocycles. The maximum atomic E-state index is 11.5. The summed E-state index contributed by atoms with van der Waals surface area (Å²) >= 11 is 1.37. The molecule has 2 heterocycles. The van der Waals surface area contributed by atoms with Crippen molar-refractivity contribution < 1.29 is 9.53 Å². The molecule has 3 rings (SSSR count). The summed E-state index contributed by atoms with van der Waals surface area (Å²) in [7, 11) is 1.39. The lowest BCUT2D eigenvalue weighted by atomic mass is 10.3. The minimum atomic E-state index is -0.297. The molecule has 1 aliphatic rings. The van der Waals surface area contributed by atoms with Gasteiger partial charge < -0.3 is 9.64 Å². The van der Waals surface area contributed by atoms with E-state index in [9.17, 15) is 4.79 Å². The summed E-state index contributed by atoms with van der Waals surface area (Å²) in [4.78, 5) is 13.6. The van der Waals surface area contributed by atoms with Crippen LogP contribution in [0.4, 0.5) is 11.6 Å². The van der Waals surface area contributed by atoms with Crippen LogP contribution in [-0.4, -0.2) is 39.6 Å². The number of ether oxygens (including phenoxy) is 1. The Hall–Kier alpha value is -2.02. The molecule has 0 N–H and O–H groups in total. The highest BCUT2D eigenvalue weighted by Gasteiger charge is 2.28. The van der Waals surface area contributed by atoms with Gasteiger partial charge in [-0.25, -0.2) is 0 Å². The van der Waals surface area contributed by atoms with Gasteiger partial charge in [-0.15, -0.1) is 10.2 Å². The molecule has 7 heteroatoms. The number of anilines is 2. The number of thioether (sulfide) groups is 1. The SMILES string of the molecule is COC(=O)C(C)Sc1nnc2n1CCN2c1ccccc1. The van der Waals surface area contributed by atoms with Crippen LogP contribution < -0.4 is 4.90 Å². The monoisotopic (exact) mass is 304 g/mol. The zero-order valence-corrected chi connectivity index (χ0v) is 12.7. The molecule has 6 nitrogen and oxygen atoms in total. The highest BCUT2D eigenvalue weighted by Crippen LogP contribution is 2.33. The maximum absolute atomic E-state index is 11.5. The first-order valence-corrected chi connectivity index (χ1v) is 7.59. The molecule has 1 aromatic carbocycles. The molecule has 110 valence electrons. The van der Waals surface area contributed by atoms with E-state index >= 15 is 0 Å². The molecule has 1 aromatic heterocycles. The highest BCUT2D eigenvalue weighted by molar-refractivity contribution is 8.00. The Labute approximate surface area is 127 Å². The lowest BCUT2D eigenvalue weighted by Crippen LogP contribution is -2.15. The smallest absolute Gasteiger partial charge is 0.318 e. The van der Waals surface area contributed by atoms with Crippen LogP contribution in [-0.2, 0) is 16.1 Å². The molecule has 0 amide bonds. The van der Waals surface area contributed by atoms with Crippen molar-refractivity contribution in [3.05, 3.63) is 30.3 Å². The number of carbonyl (C=O) groups excluding carboxylic acids is 1. The first kappa shape index (κ1) is 13.9. The second-order valence-electron chi connectivity index (χ2n) is 4.70. The van der Waals surface area contributed by atoms with Crippen molar-refractivity contribution in [1.82, 2.24) is 14.8 Å². The van der Waals surface area contributed by atoms with E-state index in [4.69, 9.17) is 4.74 Å². The van der Waals surface area contributed by atoms with Gasteiger partial charge in [0, 0.05) is 18.8 Å². The van der Waals surface area contributed by atoms with Crippen LogP contribution in [0.25, 0.3) is 0 Å². The van der Waals surface area contributed by atoms with Gasteiger partial charge in [-0.3, -0.25) is 9.36 Å². The van der Waals surface area contributed by atoms with Gasteiger partial charge in [0.2, 0.25) is 5.95 Å². The summed E-state index contributed by atoms with van der Waals surface area (Å²) in [6.07, 6.45) is 0. The number of rotatable bonds is 4. The van der Waals surface area contributed by atoms with E-state index in [1.54, 1.807) is 0 Å². The molecule has 1 atom stereocenters. The normalized spacial score (nSPS) is 14.9. The van der Waals surface area contributed by atoms with Gasteiger partial charge >= 0.3 is 5.97 Å². The Kier molecular flexibility index (Phi) is 3.83. The summed E-state index contributed by atoms with van der Waals surface area (Å²) in [5.41, 5.74) is 1.10. The van der Waals surface area contributed by atoms with Crippen LogP contribution in [0, 0.1) is 0 Å². The van der Waals surface area contributed by atoms with Gasteiger partial charge in [-0.2, -0.15) is 0 Å². The standard InChI is InChI=1S/C14H16N4O2S/c1-10(12(19)20-2)21-14-16-15-13-17(8-9-18(13)14)11-6-4-3-5-7-11/h3-7,10H,8-9H2,1-2H3. The number of nitrogens with zero attached hydrogens (tertiary/aromatic N) is 4. The van der Waals surface area contributed by atoms with Crippen molar-refractivity contribution in [1.29, 1.82) is 0 Å². The van der Waals surface area contributed by atoms with Crippen LogP contribution in [0.2, 0.25) is 0 Å². The molecule has 0 radical (unpaired) electrons. The number of benzene rings is 1. The Morgan fingerprint density at radius 3 is 2.76 bits per heavy atom. The number of hydrogen-bond acceptors (Lipinski definition) is 6. The molecule has 0 spiro atoms. The van der Waals surface area contributed by atoms with Crippen LogP contribution in [0.1, 0.15) is 6.92 Å². The predicted octanol–water partition coefficient (Wildman–Crippen LogP) is 2.08. The number of hydrogen-bond donors (Lipinski definition) is 0. The van der Waals surface area contributed by atoms with E-state index in [0.717, 1.165) is 29.9 Å². The van der Waals surface area contributed by atoms with Crippen LogP contribution in [0.3, 0.4) is 0 Å². The molecule has 2 aromatic rings. The van der Waals surface area contributed by atoms with Crippen molar-refractivity contribution >= 4 is 29.4 Å². The van der Waals surface area contributed by atoms with Gasteiger partial charge in [-0.1, -0.05) is 30.0 Å². The zero-order valence-electron chi connectivity index (χ0n) is 11.9. The van der Waals surface area contributed by atoms with Crippen molar-refractivity contribution in [2.45, 2.75) is 23.9 Å². The molecule has 0 fully saturated rings. The number of para-hydroxylation sites is 1. The number of carbonyl (C=O) groups is 1. The van der Waals surface area contributed by atoms with Crippen molar-refractivity contribution in [3.63, 3.8) is 0 Å². The van der Waals surface area contributed by atoms with Gasteiger partial charge in [-0.05, 0) is 19.1 Å². The fourth-order valence-corrected chi connectivity index (χ4v) is 3.19. The Morgan fingerprint density at radius 1 is 1.29 bits per heavy atom. The average molecular weight is 304 g/mol.